The van der Waals surface area contributed by atoms with Gasteiger partial charge in [0.05, 0.1) is 17.9 Å². The smallest absolute Gasteiger partial charge is 0.226 e. The number of rotatable bonds is 4. The average molecular weight is 288 g/mol. The number of nitrogens with one attached hydrogen (secondary N) is 1. The van der Waals surface area contributed by atoms with Crippen molar-refractivity contribution in [1.82, 2.24) is 5.32 Å². The maximum absolute atomic E-state index is 13.0. The number of nitrogens with zero attached hydrogens (tertiary/aromatic N) is 1. The molecule has 4 saturated carbocycles. The summed E-state index contributed by atoms with van der Waals surface area (Å²) >= 11 is 0. The molecule has 3 atom stereocenters. The summed E-state index contributed by atoms with van der Waals surface area (Å²) in [5.41, 5.74) is 0.580. The molecule has 116 valence electrons. The fourth-order valence-electron chi connectivity index (χ4n) is 6.45. The van der Waals surface area contributed by atoms with E-state index in [0.29, 0.717) is 17.3 Å². The van der Waals surface area contributed by atoms with Crippen LogP contribution in [0.25, 0.3) is 0 Å². The Bertz CT molecular complexity index is 474. The predicted octanol–water partition coefficient (Wildman–Crippen LogP) is 3.79. The quantitative estimate of drug-likeness (QED) is 0.855. The first-order chi connectivity index (χ1) is 9.82. The van der Waals surface area contributed by atoms with Crippen molar-refractivity contribution in [3.63, 3.8) is 0 Å². The normalized spacial score (nSPS) is 45.1. The van der Waals surface area contributed by atoms with Gasteiger partial charge in [0.25, 0.3) is 0 Å². The first kappa shape index (κ1) is 14.9. The SMILES string of the molecule is CCC(CC#N)NC(=O)C12CC3CC(C)(CC(C)(C3)C1)C2. The lowest BCUT2D eigenvalue weighted by molar-refractivity contribution is -0.170. The molecule has 21 heavy (non-hydrogen) atoms. The lowest BCUT2D eigenvalue weighted by Crippen LogP contribution is -2.60. The van der Waals surface area contributed by atoms with Crippen LogP contribution in [-0.4, -0.2) is 11.9 Å². The maximum atomic E-state index is 13.0. The molecular formula is C18H28N2O. The molecule has 0 saturated heterocycles. The number of nitriles is 1. The summed E-state index contributed by atoms with van der Waals surface area (Å²) in [7, 11) is 0. The van der Waals surface area contributed by atoms with Gasteiger partial charge in [-0.15, -0.1) is 0 Å². The number of amides is 1. The predicted molar refractivity (Wildman–Crippen MR) is 82.3 cm³/mol. The van der Waals surface area contributed by atoms with Crippen LogP contribution in [0.5, 0.6) is 0 Å². The Morgan fingerprint density at radius 2 is 1.86 bits per heavy atom. The zero-order chi connectivity index (χ0) is 15.3. The van der Waals surface area contributed by atoms with Gasteiger partial charge < -0.3 is 5.32 Å². The van der Waals surface area contributed by atoms with Crippen LogP contribution in [0.2, 0.25) is 0 Å². The van der Waals surface area contributed by atoms with Crippen LogP contribution in [0, 0.1) is 33.5 Å². The first-order valence-corrected chi connectivity index (χ1v) is 8.50. The topological polar surface area (TPSA) is 52.9 Å². The molecule has 4 rings (SSSR count). The molecule has 0 radical (unpaired) electrons. The summed E-state index contributed by atoms with van der Waals surface area (Å²) < 4.78 is 0. The lowest BCUT2D eigenvalue weighted by atomic mass is 9.40. The van der Waals surface area contributed by atoms with Crippen molar-refractivity contribution < 1.29 is 4.79 Å². The van der Waals surface area contributed by atoms with Gasteiger partial charge in [0.15, 0.2) is 0 Å². The van der Waals surface area contributed by atoms with Gasteiger partial charge in [-0.3, -0.25) is 4.79 Å². The Morgan fingerprint density at radius 3 is 2.33 bits per heavy atom. The third kappa shape index (κ3) is 2.47. The Labute approximate surface area is 128 Å². The molecule has 3 heteroatoms. The summed E-state index contributed by atoms with van der Waals surface area (Å²) in [5, 5.41) is 12.1. The molecule has 0 spiro atoms. The molecular weight excluding hydrogens is 260 g/mol. The fourth-order valence-corrected chi connectivity index (χ4v) is 6.45. The van der Waals surface area contributed by atoms with Crippen LogP contribution >= 0.6 is 0 Å². The monoisotopic (exact) mass is 288 g/mol. The van der Waals surface area contributed by atoms with Gasteiger partial charge in [-0.1, -0.05) is 20.8 Å². The Morgan fingerprint density at radius 1 is 1.24 bits per heavy atom. The minimum Gasteiger partial charge on any atom is -0.352 e. The molecule has 4 aliphatic rings. The summed E-state index contributed by atoms with van der Waals surface area (Å²) in [6.45, 7) is 6.83. The molecule has 0 aromatic heterocycles. The standard InChI is InChI=1S/C18H28N2O/c1-4-14(5-6-19)20-15(21)18-9-13-7-16(2,11-18)10-17(3,8-13)12-18/h13-14H,4-5,7-12H2,1-3H3,(H,20,21). The van der Waals surface area contributed by atoms with E-state index in [1.165, 1.54) is 19.3 Å². The second-order valence-corrected chi connectivity index (χ2v) is 8.85. The molecule has 1 N–H and O–H groups in total. The second-order valence-electron chi connectivity index (χ2n) is 8.85. The van der Waals surface area contributed by atoms with Gasteiger partial charge in [-0.05, 0) is 61.7 Å². The molecule has 4 aliphatic carbocycles. The average Bonchev–Trinajstić information content (AvgIpc) is 2.33. The van der Waals surface area contributed by atoms with E-state index < -0.39 is 0 Å². The minimum absolute atomic E-state index is 0.0242. The van der Waals surface area contributed by atoms with Gasteiger partial charge in [0, 0.05) is 6.04 Å². The van der Waals surface area contributed by atoms with Crippen molar-refractivity contribution in [2.24, 2.45) is 22.2 Å². The van der Waals surface area contributed by atoms with E-state index in [1.54, 1.807) is 0 Å². The second kappa shape index (κ2) is 4.73. The van der Waals surface area contributed by atoms with Gasteiger partial charge in [-0.25, -0.2) is 0 Å². The van der Waals surface area contributed by atoms with Crippen molar-refractivity contribution >= 4 is 5.91 Å². The molecule has 4 bridgehead atoms. The Balaban J connectivity index is 1.81. The summed E-state index contributed by atoms with van der Waals surface area (Å²) in [5.74, 6) is 0.976. The fraction of sp³-hybridized carbons (Fsp3) is 0.889. The van der Waals surface area contributed by atoms with Crippen molar-refractivity contribution in [1.29, 1.82) is 5.26 Å². The van der Waals surface area contributed by atoms with E-state index in [-0.39, 0.29) is 17.4 Å². The zero-order valence-electron chi connectivity index (χ0n) is 13.7. The van der Waals surface area contributed by atoms with Crippen LogP contribution in [0.4, 0.5) is 0 Å². The molecule has 0 aromatic rings. The molecule has 3 nitrogen and oxygen atoms in total. The first-order valence-electron chi connectivity index (χ1n) is 8.50. The molecule has 4 fully saturated rings. The molecule has 0 aliphatic heterocycles. The Hall–Kier alpha value is -1.04. The van der Waals surface area contributed by atoms with Gasteiger partial charge in [0.1, 0.15) is 0 Å². The highest BCUT2D eigenvalue weighted by Crippen LogP contribution is 2.69. The van der Waals surface area contributed by atoms with Gasteiger partial charge >= 0.3 is 0 Å². The summed E-state index contributed by atoms with van der Waals surface area (Å²) in [4.78, 5) is 13.0. The van der Waals surface area contributed by atoms with Crippen molar-refractivity contribution in [3.05, 3.63) is 0 Å². The van der Waals surface area contributed by atoms with E-state index in [4.69, 9.17) is 5.26 Å². The molecule has 3 unspecified atom stereocenters. The third-order valence-electron chi connectivity index (χ3n) is 6.27. The zero-order valence-corrected chi connectivity index (χ0v) is 13.7. The van der Waals surface area contributed by atoms with E-state index in [2.05, 4.69) is 25.2 Å². The Kier molecular flexibility index (Phi) is 3.35. The van der Waals surface area contributed by atoms with Gasteiger partial charge in [-0.2, -0.15) is 5.26 Å². The molecule has 1 amide bonds. The van der Waals surface area contributed by atoms with Crippen LogP contribution in [0.3, 0.4) is 0 Å². The van der Waals surface area contributed by atoms with Crippen molar-refractivity contribution in [3.8, 4) is 6.07 Å². The van der Waals surface area contributed by atoms with Gasteiger partial charge in [0.2, 0.25) is 5.91 Å². The van der Waals surface area contributed by atoms with Crippen LogP contribution in [0.15, 0.2) is 0 Å². The van der Waals surface area contributed by atoms with Crippen molar-refractivity contribution in [2.75, 3.05) is 0 Å². The largest absolute Gasteiger partial charge is 0.352 e. The molecule has 0 aromatic carbocycles. The van der Waals surface area contributed by atoms with Crippen LogP contribution in [0.1, 0.15) is 72.1 Å². The van der Waals surface area contributed by atoms with E-state index in [0.717, 1.165) is 31.6 Å². The summed E-state index contributed by atoms with van der Waals surface area (Å²) in [6, 6.07) is 2.22. The van der Waals surface area contributed by atoms with Crippen LogP contribution in [-0.2, 0) is 4.79 Å². The van der Waals surface area contributed by atoms with E-state index in [9.17, 15) is 4.79 Å². The highest BCUT2D eigenvalue weighted by atomic mass is 16.2. The van der Waals surface area contributed by atoms with Crippen LogP contribution < -0.4 is 5.32 Å². The molecule has 0 heterocycles. The number of carbonyl (C=O) groups is 1. The van der Waals surface area contributed by atoms with E-state index in [1.807, 2.05) is 6.92 Å². The minimum atomic E-state index is -0.147. The third-order valence-corrected chi connectivity index (χ3v) is 6.27. The maximum Gasteiger partial charge on any atom is 0.226 e. The van der Waals surface area contributed by atoms with Crippen molar-refractivity contribution in [2.45, 2.75) is 78.2 Å². The number of hydrogen-bond acceptors (Lipinski definition) is 2. The highest BCUT2D eigenvalue weighted by Gasteiger charge is 2.62. The number of carbonyl (C=O) groups excluding carboxylic acids is 1. The van der Waals surface area contributed by atoms with E-state index >= 15 is 0 Å². The number of hydrogen-bond donors (Lipinski definition) is 1. The summed E-state index contributed by atoms with van der Waals surface area (Å²) in [6.07, 6.45) is 8.37. The highest BCUT2D eigenvalue weighted by molar-refractivity contribution is 5.83. The lowest BCUT2D eigenvalue weighted by Gasteiger charge is -2.64.